The Bertz CT molecular complexity index is 466. The van der Waals surface area contributed by atoms with Crippen molar-refractivity contribution < 1.29 is 9.18 Å². The number of halogens is 1. The molecular formula is C18H27FN2O. The largest absolute Gasteiger partial charge is 0.347 e. The van der Waals surface area contributed by atoms with E-state index in [0.29, 0.717) is 6.42 Å². The summed E-state index contributed by atoms with van der Waals surface area (Å²) in [6.07, 6.45) is 8.73. The average molecular weight is 306 g/mol. The molecule has 0 heterocycles. The second-order valence-corrected chi connectivity index (χ2v) is 6.30. The minimum absolute atomic E-state index is 0.110. The number of nitrogens with two attached hydrogens (primary N) is 1. The molecule has 3 nitrogen and oxygen atoms in total. The first kappa shape index (κ1) is 16.9. The van der Waals surface area contributed by atoms with E-state index >= 15 is 0 Å². The van der Waals surface area contributed by atoms with Crippen LogP contribution in [0, 0.1) is 5.82 Å². The van der Waals surface area contributed by atoms with E-state index in [4.69, 9.17) is 5.73 Å². The average Bonchev–Trinajstić information content (AvgIpc) is 2.97. The monoisotopic (exact) mass is 306 g/mol. The third kappa shape index (κ3) is 4.54. The van der Waals surface area contributed by atoms with Crippen LogP contribution in [0.3, 0.4) is 0 Å². The third-order valence-electron chi connectivity index (χ3n) is 4.59. The van der Waals surface area contributed by atoms with Gasteiger partial charge in [0.05, 0.1) is 5.54 Å². The fourth-order valence-corrected chi connectivity index (χ4v) is 3.35. The lowest BCUT2D eigenvalue weighted by molar-refractivity contribution is -0.123. The zero-order valence-corrected chi connectivity index (χ0v) is 13.2. The van der Waals surface area contributed by atoms with Crippen LogP contribution in [0.1, 0.15) is 63.4 Å². The summed E-state index contributed by atoms with van der Waals surface area (Å²) in [7, 11) is 0. The quantitative estimate of drug-likeness (QED) is 0.721. The molecule has 1 aliphatic rings. The van der Waals surface area contributed by atoms with Crippen molar-refractivity contribution in [2.45, 2.75) is 63.3 Å². The summed E-state index contributed by atoms with van der Waals surface area (Å²) in [5.74, 6) is -0.123. The number of benzene rings is 1. The van der Waals surface area contributed by atoms with Crippen molar-refractivity contribution >= 4 is 5.91 Å². The Kier molecular flexibility index (Phi) is 6.37. The molecule has 122 valence electrons. The van der Waals surface area contributed by atoms with Gasteiger partial charge >= 0.3 is 0 Å². The molecule has 4 heteroatoms. The summed E-state index contributed by atoms with van der Waals surface area (Å²) in [5.41, 5.74) is 6.21. The number of carbonyl (C=O) groups is 1. The lowest BCUT2D eigenvalue weighted by Crippen LogP contribution is -2.43. The van der Waals surface area contributed by atoms with Crippen LogP contribution in [0.4, 0.5) is 4.39 Å². The van der Waals surface area contributed by atoms with Crippen molar-refractivity contribution in [2.24, 2.45) is 5.73 Å². The maximum atomic E-state index is 13.1. The smallest absolute Gasteiger partial charge is 0.220 e. The van der Waals surface area contributed by atoms with Crippen LogP contribution in [-0.2, 0) is 10.3 Å². The van der Waals surface area contributed by atoms with E-state index in [1.54, 1.807) is 0 Å². The predicted molar refractivity (Wildman–Crippen MR) is 86.8 cm³/mol. The highest BCUT2D eigenvalue weighted by atomic mass is 19.1. The summed E-state index contributed by atoms with van der Waals surface area (Å²) in [6.45, 7) is 0.722. The van der Waals surface area contributed by atoms with Gasteiger partial charge in [0.2, 0.25) is 5.91 Å². The number of rotatable bonds is 8. The van der Waals surface area contributed by atoms with E-state index in [9.17, 15) is 9.18 Å². The van der Waals surface area contributed by atoms with Gasteiger partial charge in [0.25, 0.3) is 0 Å². The Hall–Kier alpha value is -1.42. The van der Waals surface area contributed by atoms with Gasteiger partial charge in [-0.25, -0.2) is 4.39 Å². The normalized spacial score (nSPS) is 16.6. The van der Waals surface area contributed by atoms with Crippen LogP contribution in [0.15, 0.2) is 24.3 Å². The van der Waals surface area contributed by atoms with E-state index < -0.39 is 0 Å². The molecule has 22 heavy (non-hydrogen) atoms. The van der Waals surface area contributed by atoms with Crippen LogP contribution in [0.5, 0.6) is 0 Å². The SMILES string of the molecule is NCCCCCCC(=O)NC1(c2ccc(F)cc2)CCCC1. The molecule has 0 atom stereocenters. The van der Waals surface area contributed by atoms with Crippen molar-refractivity contribution in [1.82, 2.24) is 5.32 Å². The zero-order chi connectivity index (χ0) is 15.8. The zero-order valence-electron chi connectivity index (χ0n) is 13.2. The standard InChI is InChI=1S/C18H27FN2O/c19-16-10-8-15(9-11-16)18(12-4-5-13-18)21-17(22)7-3-1-2-6-14-20/h8-11H,1-7,12-14,20H2,(H,21,22). The minimum Gasteiger partial charge on any atom is -0.347 e. The molecule has 1 aromatic rings. The van der Waals surface area contributed by atoms with Crippen molar-refractivity contribution in [2.75, 3.05) is 6.54 Å². The molecule has 3 N–H and O–H groups in total. The number of unbranched alkanes of at least 4 members (excludes halogenated alkanes) is 3. The summed E-state index contributed by atoms with van der Waals surface area (Å²) < 4.78 is 13.1. The van der Waals surface area contributed by atoms with Crippen LogP contribution >= 0.6 is 0 Å². The molecule has 0 bridgehead atoms. The molecule has 0 aromatic heterocycles. The molecule has 0 aliphatic heterocycles. The fraction of sp³-hybridized carbons (Fsp3) is 0.611. The molecule has 1 aromatic carbocycles. The molecule has 1 saturated carbocycles. The number of hydrogen-bond acceptors (Lipinski definition) is 2. The fourth-order valence-electron chi connectivity index (χ4n) is 3.35. The molecular weight excluding hydrogens is 279 g/mol. The lowest BCUT2D eigenvalue weighted by Gasteiger charge is -2.31. The van der Waals surface area contributed by atoms with E-state index in [1.807, 2.05) is 12.1 Å². The molecule has 1 fully saturated rings. The van der Waals surface area contributed by atoms with Gasteiger partial charge in [-0.05, 0) is 49.9 Å². The van der Waals surface area contributed by atoms with Gasteiger partial charge in [-0.3, -0.25) is 4.79 Å². The molecule has 2 rings (SSSR count). The first-order valence-electron chi connectivity index (χ1n) is 8.43. The molecule has 0 saturated heterocycles. The van der Waals surface area contributed by atoms with E-state index in [1.165, 1.54) is 12.1 Å². The maximum Gasteiger partial charge on any atom is 0.220 e. The molecule has 0 radical (unpaired) electrons. The molecule has 0 unspecified atom stereocenters. The second kappa shape index (κ2) is 8.28. The van der Waals surface area contributed by atoms with Crippen LogP contribution in [0.25, 0.3) is 0 Å². The molecule has 1 amide bonds. The highest BCUT2D eigenvalue weighted by Crippen LogP contribution is 2.38. The van der Waals surface area contributed by atoms with Crippen LogP contribution in [-0.4, -0.2) is 12.5 Å². The first-order chi connectivity index (χ1) is 10.7. The maximum absolute atomic E-state index is 13.1. The van der Waals surface area contributed by atoms with Gasteiger partial charge in [0.1, 0.15) is 5.82 Å². The number of carbonyl (C=O) groups excluding carboxylic acids is 1. The lowest BCUT2D eigenvalue weighted by atomic mass is 9.88. The van der Waals surface area contributed by atoms with Gasteiger partial charge in [-0.2, -0.15) is 0 Å². The van der Waals surface area contributed by atoms with Crippen molar-refractivity contribution in [3.05, 3.63) is 35.6 Å². The Balaban J connectivity index is 1.91. The minimum atomic E-state index is -0.290. The van der Waals surface area contributed by atoms with Crippen molar-refractivity contribution in [3.63, 3.8) is 0 Å². The number of hydrogen-bond donors (Lipinski definition) is 2. The summed E-state index contributed by atoms with van der Waals surface area (Å²) in [6, 6.07) is 6.58. The van der Waals surface area contributed by atoms with Crippen LogP contribution in [0.2, 0.25) is 0 Å². The summed E-state index contributed by atoms with van der Waals surface area (Å²) in [5, 5.41) is 3.23. The van der Waals surface area contributed by atoms with E-state index in [2.05, 4.69) is 5.32 Å². The highest BCUT2D eigenvalue weighted by molar-refractivity contribution is 5.77. The van der Waals surface area contributed by atoms with Crippen molar-refractivity contribution in [1.29, 1.82) is 0 Å². The van der Waals surface area contributed by atoms with E-state index in [0.717, 1.165) is 63.5 Å². The Morgan fingerprint density at radius 1 is 1.09 bits per heavy atom. The Morgan fingerprint density at radius 2 is 1.73 bits per heavy atom. The summed E-state index contributed by atoms with van der Waals surface area (Å²) in [4.78, 5) is 12.3. The van der Waals surface area contributed by atoms with Crippen LogP contribution < -0.4 is 11.1 Å². The van der Waals surface area contributed by atoms with E-state index in [-0.39, 0.29) is 17.3 Å². The number of amides is 1. The summed E-state index contributed by atoms with van der Waals surface area (Å²) >= 11 is 0. The second-order valence-electron chi connectivity index (χ2n) is 6.30. The third-order valence-corrected chi connectivity index (χ3v) is 4.59. The Morgan fingerprint density at radius 3 is 2.36 bits per heavy atom. The van der Waals surface area contributed by atoms with Crippen molar-refractivity contribution in [3.8, 4) is 0 Å². The van der Waals surface area contributed by atoms with Gasteiger partial charge in [0, 0.05) is 6.42 Å². The molecule has 0 spiro atoms. The highest BCUT2D eigenvalue weighted by Gasteiger charge is 2.36. The van der Waals surface area contributed by atoms with Gasteiger partial charge in [-0.15, -0.1) is 0 Å². The Labute approximate surface area is 132 Å². The topological polar surface area (TPSA) is 55.1 Å². The van der Waals surface area contributed by atoms with Gasteiger partial charge < -0.3 is 11.1 Å². The van der Waals surface area contributed by atoms with Gasteiger partial charge in [0.15, 0.2) is 0 Å². The predicted octanol–water partition coefficient (Wildman–Crippen LogP) is 3.62. The molecule has 1 aliphatic carbocycles. The van der Waals surface area contributed by atoms with Gasteiger partial charge in [-0.1, -0.05) is 37.8 Å². The number of nitrogens with one attached hydrogen (secondary N) is 1. The first-order valence-corrected chi connectivity index (χ1v) is 8.43.